The van der Waals surface area contributed by atoms with E-state index in [9.17, 15) is 9.59 Å². The van der Waals surface area contributed by atoms with Crippen LogP contribution in [0.1, 0.15) is 62.1 Å². The van der Waals surface area contributed by atoms with Crippen molar-refractivity contribution in [3.05, 3.63) is 74.2 Å². The molecule has 0 radical (unpaired) electrons. The van der Waals surface area contributed by atoms with E-state index in [0.29, 0.717) is 23.2 Å². The van der Waals surface area contributed by atoms with Crippen molar-refractivity contribution < 1.29 is 9.15 Å². The summed E-state index contributed by atoms with van der Waals surface area (Å²) in [6.07, 6.45) is 10.2. The average molecular weight is 482 g/mol. The normalized spacial score (nSPS) is 17.1. The highest BCUT2D eigenvalue weighted by molar-refractivity contribution is 6.13. The molecule has 7 nitrogen and oxygen atoms in total. The number of furan rings is 1. The third-order valence-electron chi connectivity index (χ3n) is 7.70. The van der Waals surface area contributed by atoms with Gasteiger partial charge in [-0.1, -0.05) is 50.3 Å². The lowest BCUT2D eigenvalue weighted by molar-refractivity contribution is 0.353. The molecule has 2 N–H and O–H groups in total. The zero-order valence-electron chi connectivity index (χ0n) is 19.9. The van der Waals surface area contributed by atoms with Crippen LogP contribution in [0.2, 0.25) is 0 Å². The molecule has 5 aromatic rings. The van der Waals surface area contributed by atoms with E-state index in [1.807, 2.05) is 28.9 Å². The zero-order chi connectivity index (χ0) is 24.2. The maximum Gasteiger partial charge on any atom is 0.274 e. The molecule has 4 heterocycles. The molecule has 0 amide bonds. The monoisotopic (exact) mass is 481 g/mol. The topological polar surface area (TPSA) is 93.0 Å². The van der Waals surface area contributed by atoms with Crippen LogP contribution < -0.4 is 15.7 Å². The summed E-state index contributed by atoms with van der Waals surface area (Å²) in [5.41, 5.74) is 4.92. The van der Waals surface area contributed by atoms with Gasteiger partial charge in [-0.2, -0.15) is 0 Å². The van der Waals surface area contributed by atoms with E-state index in [4.69, 9.17) is 9.15 Å². The number of fused-ring (bicyclic) bond motifs is 5. The van der Waals surface area contributed by atoms with E-state index < -0.39 is 0 Å². The predicted octanol–water partition coefficient (Wildman–Crippen LogP) is 6.14. The van der Waals surface area contributed by atoms with Gasteiger partial charge in [-0.05, 0) is 37.1 Å². The van der Waals surface area contributed by atoms with Crippen LogP contribution >= 0.6 is 0 Å². The van der Waals surface area contributed by atoms with Crippen molar-refractivity contribution in [3.63, 3.8) is 0 Å². The van der Waals surface area contributed by atoms with Crippen molar-refractivity contribution in [3.8, 4) is 5.75 Å². The predicted molar refractivity (Wildman–Crippen MR) is 142 cm³/mol. The van der Waals surface area contributed by atoms with E-state index in [0.717, 1.165) is 64.7 Å². The Kier molecular flexibility index (Phi) is 4.91. The number of rotatable bonds is 2. The summed E-state index contributed by atoms with van der Waals surface area (Å²) in [5.74, 6) is 0.817. The van der Waals surface area contributed by atoms with Crippen molar-refractivity contribution in [1.29, 1.82) is 0 Å². The molecule has 0 spiro atoms. The Balaban J connectivity index is 1.55. The minimum absolute atomic E-state index is 0.112. The summed E-state index contributed by atoms with van der Waals surface area (Å²) >= 11 is 0. The van der Waals surface area contributed by atoms with Crippen molar-refractivity contribution in [2.75, 3.05) is 6.61 Å². The smallest absolute Gasteiger partial charge is 0.274 e. The summed E-state index contributed by atoms with van der Waals surface area (Å²) in [4.78, 5) is 29.2. The van der Waals surface area contributed by atoms with Gasteiger partial charge in [0.15, 0.2) is 11.0 Å². The van der Waals surface area contributed by atoms with E-state index >= 15 is 0 Å². The number of nitrogens with zero attached hydrogens (tertiary/aromatic N) is 1. The van der Waals surface area contributed by atoms with Gasteiger partial charge in [0, 0.05) is 28.2 Å². The largest absolute Gasteiger partial charge is 0.488 e. The molecular weight excluding hydrogens is 454 g/mol. The molecule has 1 fully saturated rings. The SMILES string of the molecule is O=c1ccc2c(c1)oc1c(C3=Cc4ccccc4OC3)c3c(=O)[nH]n(C4CCCCCCC4)c3[nH]c12. The van der Waals surface area contributed by atoms with Crippen LogP contribution in [0, 0.1) is 0 Å². The molecule has 0 saturated heterocycles. The highest BCUT2D eigenvalue weighted by Gasteiger charge is 2.27. The molecule has 0 unspecified atom stereocenters. The van der Waals surface area contributed by atoms with Gasteiger partial charge in [0.1, 0.15) is 23.6 Å². The second-order valence-electron chi connectivity index (χ2n) is 9.99. The van der Waals surface area contributed by atoms with Crippen LogP contribution in [0.15, 0.2) is 56.5 Å². The van der Waals surface area contributed by atoms with Gasteiger partial charge in [-0.15, -0.1) is 0 Å². The summed E-state index contributed by atoms with van der Waals surface area (Å²) < 4.78 is 14.4. The number of benzene rings is 2. The number of hydrogen-bond donors (Lipinski definition) is 2. The van der Waals surface area contributed by atoms with Crippen LogP contribution in [0.4, 0.5) is 0 Å². The van der Waals surface area contributed by atoms with Gasteiger partial charge in [0.05, 0.1) is 16.9 Å². The first-order chi connectivity index (χ1) is 17.7. The lowest BCUT2D eigenvalue weighted by Gasteiger charge is -2.22. The first-order valence-corrected chi connectivity index (χ1v) is 12.8. The molecule has 182 valence electrons. The molecule has 3 aromatic heterocycles. The molecule has 7 heteroatoms. The average Bonchev–Trinajstić information content (AvgIpc) is 3.39. The van der Waals surface area contributed by atoms with Gasteiger partial charge in [0.2, 0.25) is 0 Å². The summed E-state index contributed by atoms with van der Waals surface area (Å²) in [6, 6.07) is 12.9. The van der Waals surface area contributed by atoms with Gasteiger partial charge in [-0.25, -0.2) is 0 Å². The second kappa shape index (κ2) is 8.29. The van der Waals surface area contributed by atoms with Crippen LogP contribution in [-0.2, 0) is 0 Å². The number of para-hydroxylation sites is 1. The van der Waals surface area contributed by atoms with Crippen molar-refractivity contribution >= 4 is 44.8 Å². The van der Waals surface area contributed by atoms with E-state index in [1.54, 1.807) is 12.1 Å². The van der Waals surface area contributed by atoms with E-state index in [-0.39, 0.29) is 17.0 Å². The second-order valence-corrected chi connectivity index (χ2v) is 9.99. The molecule has 36 heavy (non-hydrogen) atoms. The Bertz CT molecular complexity index is 1770. The fourth-order valence-corrected chi connectivity index (χ4v) is 5.95. The molecule has 0 atom stereocenters. The van der Waals surface area contributed by atoms with E-state index in [1.165, 1.54) is 25.3 Å². The Morgan fingerprint density at radius 1 is 0.944 bits per heavy atom. The maximum absolute atomic E-state index is 13.6. The molecule has 2 aromatic carbocycles. The maximum atomic E-state index is 13.6. The fourth-order valence-electron chi connectivity index (χ4n) is 5.95. The number of aromatic amines is 2. The van der Waals surface area contributed by atoms with Gasteiger partial charge in [0.25, 0.3) is 5.56 Å². The van der Waals surface area contributed by atoms with Gasteiger partial charge < -0.3 is 14.1 Å². The first kappa shape index (κ1) is 21.3. The van der Waals surface area contributed by atoms with Crippen LogP contribution in [0.5, 0.6) is 5.75 Å². The molecular formula is C29H27N3O4. The van der Waals surface area contributed by atoms with Crippen molar-refractivity contribution in [2.24, 2.45) is 0 Å². The Morgan fingerprint density at radius 2 is 1.75 bits per heavy atom. The molecule has 1 aliphatic carbocycles. The van der Waals surface area contributed by atoms with Crippen LogP contribution in [-0.4, -0.2) is 21.4 Å². The Morgan fingerprint density at radius 3 is 2.61 bits per heavy atom. The highest BCUT2D eigenvalue weighted by Crippen LogP contribution is 2.40. The molecule has 1 saturated carbocycles. The number of hydrogen-bond acceptors (Lipinski definition) is 4. The van der Waals surface area contributed by atoms with Crippen molar-refractivity contribution in [1.82, 2.24) is 14.8 Å². The number of H-pyrrole nitrogens is 2. The lowest BCUT2D eigenvalue weighted by Crippen LogP contribution is -2.15. The molecule has 2 aliphatic rings. The Hall–Kier alpha value is -4.00. The third-order valence-corrected chi connectivity index (χ3v) is 7.70. The lowest BCUT2D eigenvalue weighted by atomic mass is 9.96. The van der Waals surface area contributed by atoms with Crippen molar-refractivity contribution in [2.45, 2.75) is 51.0 Å². The molecule has 0 bridgehead atoms. The first-order valence-electron chi connectivity index (χ1n) is 12.8. The van der Waals surface area contributed by atoms with Gasteiger partial charge in [-0.3, -0.25) is 19.4 Å². The summed E-state index contributed by atoms with van der Waals surface area (Å²) in [7, 11) is 0. The number of ether oxygens (including phenoxy) is 1. The highest BCUT2D eigenvalue weighted by atomic mass is 16.5. The zero-order valence-corrected chi connectivity index (χ0v) is 19.9. The fraction of sp³-hybridized carbons (Fsp3) is 0.310. The Labute approximate surface area is 206 Å². The van der Waals surface area contributed by atoms with Crippen LogP contribution in [0.3, 0.4) is 0 Å². The molecule has 1 aliphatic heterocycles. The number of aromatic nitrogens is 3. The van der Waals surface area contributed by atoms with Gasteiger partial charge >= 0.3 is 0 Å². The minimum Gasteiger partial charge on any atom is -0.488 e. The summed E-state index contributed by atoms with van der Waals surface area (Å²) in [5, 5.41) is 4.55. The quantitative estimate of drug-likeness (QED) is 0.317. The van der Waals surface area contributed by atoms with Crippen LogP contribution in [0.25, 0.3) is 44.8 Å². The number of pyridine rings is 1. The molecule has 7 rings (SSSR count). The minimum atomic E-state index is -0.148. The third kappa shape index (κ3) is 3.33. The number of nitrogens with one attached hydrogen (secondary N) is 2. The summed E-state index contributed by atoms with van der Waals surface area (Å²) in [6.45, 7) is 0.323. The van der Waals surface area contributed by atoms with E-state index in [2.05, 4.69) is 16.2 Å². The standard InChI is InChI=1S/C29H27N3O4/c33-20-12-13-21-23(15-20)36-27-24(18-14-17-8-6-7-11-22(17)35-16-18)25-28(30-26(21)27)32(31-29(25)34)19-9-4-2-1-3-5-10-19/h6-8,11-15,19,30H,1-5,9-10,16H2,(H,31,34).